The topological polar surface area (TPSA) is 73.2 Å². The summed E-state index contributed by atoms with van der Waals surface area (Å²) in [5.41, 5.74) is 2.55. The number of halogens is 2. The molecule has 27 heavy (non-hydrogen) atoms. The lowest BCUT2D eigenvalue weighted by Crippen LogP contribution is -2.15. The van der Waals surface area contributed by atoms with Crippen LogP contribution in [0.25, 0.3) is 5.69 Å². The third-order valence-electron chi connectivity index (χ3n) is 3.78. The van der Waals surface area contributed by atoms with Crippen molar-refractivity contribution in [2.75, 3.05) is 11.8 Å². The van der Waals surface area contributed by atoms with E-state index in [-0.39, 0.29) is 5.75 Å². The van der Waals surface area contributed by atoms with Crippen molar-refractivity contribution < 1.29 is 13.2 Å². The van der Waals surface area contributed by atoms with Gasteiger partial charge in [-0.3, -0.25) is 4.72 Å². The highest BCUT2D eigenvalue weighted by atomic mass is 35.5. The molecule has 6 nitrogen and oxygen atoms in total. The zero-order valence-corrected chi connectivity index (χ0v) is 16.9. The standard InChI is InChI=1S/C18H17Cl2N3O3S/c1-12-9-23(11-21-12)17-6-4-14(8-18(17)26-2)22-27(24,25)10-13-3-5-15(19)16(20)7-13/h3-9,11,22H,10H2,1-2H3. The molecule has 3 aromatic rings. The van der Waals surface area contributed by atoms with Gasteiger partial charge in [-0.05, 0) is 36.8 Å². The van der Waals surface area contributed by atoms with E-state index >= 15 is 0 Å². The fraction of sp³-hybridized carbons (Fsp3) is 0.167. The second-order valence-electron chi connectivity index (χ2n) is 5.92. The van der Waals surface area contributed by atoms with Crippen LogP contribution in [0.5, 0.6) is 5.75 Å². The van der Waals surface area contributed by atoms with E-state index < -0.39 is 10.0 Å². The Kier molecular flexibility index (Phi) is 5.64. The summed E-state index contributed by atoms with van der Waals surface area (Å²) >= 11 is 11.8. The highest BCUT2D eigenvalue weighted by Crippen LogP contribution is 2.28. The molecule has 0 radical (unpaired) electrons. The lowest BCUT2D eigenvalue weighted by Gasteiger charge is -2.13. The minimum absolute atomic E-state index is 0.228. The van der Waals surface area contributed by atoms with Crippen LogP contribution >= 0.6 is 23.2 Å². The van der Waals surface area contributed by atoms with Gasteiger partial charge in [-0.15, -0.1) is 0 Å². The van der Waals surface area contributed by atoms with Gasteiger partial charge in [0, 0.05) is 12.3 Å². The first-order chi connectivity index (χ1) is 12.8. The van der Waals surface area contributed by atoms with Gasteiger partial charge < -0.3 is 9.30 Å². The first-order valence-corrected chi connectivity index (χ1v) is 10.3. The average Bonchev–Trinajstić information content (AvgIpc) is 3.03. The number of anilines is 1. The van der Waals surface area contributed by atoms with Gasteiger partial charge in [-0.25, -0.2) is 13.4 Å². The molecule has 0 atom stereocenters. The summed E-state index contributed by atoms with van der Waals surface area (Å²) < 4.78 is 34.7. The molecule has 9 heteroatoms. The molecule has 0 bridgehead atoms. The maximum absolute atomic E-state index is 12.5. The first kappa shape index (κ1) is 19.5. The average molecular weight is 426 g/mol. The Balaban J connectivity index is 1.82. The highest BCUT2D eigenvalue weighted by molar-refractivity contribution is 7.91. The van der Waals surface area contributed by atoms with Gasteiger partial charge in [0.1, 0.15) is 5.75 Å². The molecular formula is C18H17Cl2N3O3S. The number of nitrogens with one attached hydrogen (secondary N) is 1. The SMILES string of the molecule is COc1cc(NS(=O)(=O)Cc2ccc(Cl)c(Cl)c2)ccc1-n1cnc(C)c1. The van der Waals surface area contributed by atoms with Crippen molar-refractivity contribution in [3.8, 4) is 11.4 Å². The van der Waals surface area contributed by atoms with Crippen molar-refractivity contribution in [1.82, 2.24) is 9.55 Å². The summed E-state index contributed by atoms with van der Waals surface area (Å²) in [6.45, 7) is 1.88. The molecule has 0 saturated carbocycles. The minimum Gasteiger partial charge on any atom is -0.494 e. The molecule has 3 rings (SSSR count). The molecule has 142 valence electrons. The fourth-order valence-electron chi connectivity index (χ4n) is 2.57. The number of rotatable bonds is 6. The van der Waals surface area contributed by atoms with Gasteiger partial charge in [0.2, 0.25) is 10.0 Å². The number of ether oxygens (including phenoxy) is 1. The summed E-state index contributed by atoms with van der Waals surface area (Å²) in [5.74, 6) is 0.288. The number of hydrogen-bond donors (Lipinski definition) is 1. The molecule has 0 saturated heterocycles. The minimum atomic E-state index is -3.64. The lowest BCUT2D eigenvalue weighted by molar-refractivity contribution is 0.413. The van der Waals surface area contributed by atoms with Crippen LogP contribution in [0.4, 0.5) is 5.69 Å². The van der Waals surface area contributed by atoms with Gasteiger partial charge in [-0.2, -0.15) is 0 Å². The van der Waals surface area contributed by atoms with Crippen LogP contribution in [-0.2, 0) is 15.8 Å². The van der Waals surface area contributed by atoms with E-state index in [9.17, 15) is 8.42 Å². The molecule has 0 amide bonds. The smallest absolute Gasteiger partial charge is 0.236 e. The fourth-order valence-corrected chi connectivity index (χ4v) is 4.07. The van der Waals surface area contributed by atoms with Crippen molar-refractivity contribution in [2.24, 2.45) is 0 Å². The Labute approximate surface area is 167 Å². The van der Waals surface area contributed by atoms with Crippen molar-refractivity contribution in [3.63, 3.8) is 0 Å². The van der Waals surface area contributed by atoms with E-state index in [2.05, 4.69) is 9.71 Å². The van der Waals surface area contributed by atoms with Crippen LogP contribution in [0.15, 0.2) is 48.9 Å². The summed E-state index contributed by atoms with van der Waals surface area (Å²) in [5, 5.41) is 0.687. The number of aromatic nitrogens is 2. The van der Waals surface area contributed by atoms with E-state index in [4.69, 9.17) is 27.9 Å². The zero-order chi connectivity index (χ0) is 19.6. The van der Waals surface area contributed by atoms with E-state index in [1.807, 2.05) is 17.7 Å². The van der Waals surface area contributed by atoms with Crippen molar-refractivity contribution >= 4 is 38.9 Å². The summed E-state index contributed by atoms with van der Waals surface area (Å²) in [6.07, 6.45) is 3.52. The van der Waals surface area contributed by atoms with Crippen LogP contribution < -0.4 is 9.46 Å². The number of sulfonamides is 1. The van der Waals surface area contributed by atoms with Crippen LogP contribution in [0.1, 0.15) is 11.3 Å². The number of methoxy groups -OCH3 is 1. The van der Waals surface area contributed by atoms with Crippen molar-refractivity contribution in [3.05, 3.63) is 70.2 Å². The summed E-state index contributed by atoms with van der Waals surface area (Å²) in [7, 11) is -2.12. The Morgan fingerprint density at radius 3 is 2.56 bits per heavy atom. The maximum atomic E-state index is 12.5. The van der Waals surface area contributed by atoms with Gasteiger partial charge >= 0.3 is 0 Å². The molecule has 1 heterocycles. The monoisotopic (exact) mass is 425 g/mol. The molecule has 1 N–H and O–H groups in total. The second-order valence-corrected chi connectivity index (χ2v) is 8.46. The number of hydrogen-bond acceptors (Lipinski definition) is 4. The predicted molar refractivity (Wildman–Crippen MR) is 108 cm³/mol. The van der Waals surface area contributed by atoms with Crippen molar-refractivity contribution in [2.45, 2.75) is 12.7 Å². The molecule has 0 aliphatic carbocycles. The van der Waals surface area contributed by atoms with Crippen LogP contribution in [0.2, 0.25) is 10.0 Å². The lowest BCUT2D eigenvalue weighted by atomic mass is 10.2. The van der Waals surface area contributed by atoms with Gasteiger partial charge in [0.25, 0.3) is 0 Å². The number of nitrogens with zero attached hydrogens (tertiary/aromatic N) is 2. The van der Waals surface area contributed by atoms with Gasteiger partial charge in [-0.1, -0.05) is 29.3 Å². The summed E-state index contributed by atoms with van der Waals surface area (Å²) in [6, 6.07) is 9.78. The maximum Gasteiger partial charge on any atom is 0.236 e. The third kappa shape index (κ3) is 4.74. The van der Waals surface area contributed by atoms with Gasteiger partial charge in [0.05, 0.1) is 46.3 Å². The Bertz CT molecular complexity index is 1080. The van der Waals surface area contributed by atoms with Crippen molar-refractivity contribution in [1.29, 1.82) is 0 Å². The Morgan fingerprint density at radius 2 is 1.93 bits per heavy atom. The zero-order valence-electron chi connectivity index (χ0n) is 14.6. The third-order valence-corrected chi connectivity index (χ3v) is 5.78. The predicted octanol–water partition coefficient (Wildman–Crippen LogP) is 4.44. The molecule has 0 unspecified atom stereocenters. The molecule has 0 aliphatic rings. The van der Waals surface area contributed by atoms with Crippen LogP contribution in [-0.4, -0.2) is 25.1 Å². The van der Waals surface area contributed by atoms with E-state index in [0.29, 0.717) is 27.0 Å². The first-order valence-electron chi connectivity index (χ1n) is 7.91. The van der Waals surface area contributed by atoms with Crippen LogP contribution in [0, 0.1) is 6.92 Å². The molecule has 0 fully saturated rings. The molecule has 0 aliphatic heterocycles. The Morgan fingerprint density at radius 1 is 1.15 bits per heavy atom. The Hall–Kier alpha value is -2.22. The van der Waals surface area contributed by atoms with Gasteiger partial charge in [0.15, 0.2) is 0 Å². The quantitative estimate of drug-likeness (QED) is 0.633. The normalized spacial score (nSPS) is 11.4. The largest absolute Gasteiger partial charge is 0.494 e. The number of imidazole rings is 1. The van der Waals surface area contributed by atoms with E-state index in [1.54, 1.807) is 36.7 Å². The number of aryl methyl sites for hydroxylation is 1. The molecular weight excluding hydrogens is 409 g/mol. The molecule has 0 spiro atoms. The summed E-state index contributed by atoms with van der Waals surface area (Å²) in [4.78, 5) is 4.19. The molecule has 2 aromatic carbocycles. The number of benzene rings is 2. The van der Waals surface area contributed by atoms with Crippen LogP contribution in [0.3, 0.4) is 0 Å². The molecule has 1 aromatic heterocycles. The van der Waals surface area contributed by atoms with E-state index in [0.717, 1.165) is 11.4 Å². The van der Waals surface area contributed by atoms with E-state index in [1.165, 1.54) is 13.2 Å². The highest BCUT2D eigenvalue weighted by Gasteiger charge is 2.15. The second kappa shape index (κ2) is 7.80.